The molecule has 2 aromatic carbocycles. The number of anilines is 1. The highest BCUT2D eigenvalue weighted by molar-refractivity contribution is 7.89. The summed E-state index contributed by atoms with van der Waals surface area (Å²) in [4.78, 5) is 16.7. The lowest BCUT2D eigenvalue weighted by molar-refractivity contribution is 0.101. The molecule has 1 aliphatic heterocycles. The number of amides is 1. The summed E-state index contributed by atoms with van der Waals surface area (Å²) in [6.45, 7) is 1.06. The highest BCUT2D eigenvalue weighted by Gasteiger charge is 2.26. The Morgan fingerprint density at radius 1 is 0.966 bits per heavy atom. The molecule has 29 heavy (non-hydrogen) atoms. The number of para-hydroxylation sites is 1. The first-order chi connectivity index (χ1) is 14.0. The first-order valence-electron chi connectivity index (χ1n) is 9.43. The molecule has 8 nitrogen and oxygen atoms in total. The summed E-state index contributed by atoms with van der Waals surface area (Å²) in [6, 6.07) is 15.6. The van der Waals surface area contributed by atoms with Gasteiger partial charge in [-0.05, 0) is 43.2 Å². The Morgan fingerprint density at radius 3 is 2.48 bits per heavy atom. The van der Waals surface area contributed by atoms with Crippen molar-refractivity contribution in [2.24, 2.45) is 0 Å². The van der Waals surface area contributed by atoms with Gasteiger partial charge in [-0.1, -0.05) is 30.7 Å². The summed E-state index contributed by atoms with van der Waals surface area (Å²) in [6.07, 6.45) is 4.24. The highest BCUT2D eigenvalue weighted by Crippen LogP contribution is 2.23. The van der Waals surface area contributed by atoms with Crippen LogP contribution in [0.1, 0.15) is 29.9 Å². The number of benzene rings is 2. The number of sulfonamides is 1. The first-order valence-corrected chi connectivity index (χ1v) is 10.9. The molecule has 1 aromatic heterocycles. The van der Waals surface area contributed by atoms with E-state index >= 15 is 0 Å². The predicted octanol–water partition coefficient (Wildman–Crippen LogP) is 2.69. The van der Waals surface area contributed by atoms with Crippen LogP contribution in [0, 0.1) is 0 Å². The topological polar surface area (TPSA) is 97.2 Å². The highest BCUT2D eigenvalue weighted by atomic mass is 32.2. The molecule has 1 aliphatic rings. The average molecular weight is 411 g/mol. The Bertz CT molecular complexity index is 1110. The molecule has 1 N–H and O–H groups in total. The van der Waals surface area contributed by atoms with Crippen LogP contribution in [0.5, 0.6) is 0 Å². The summed E-state index contributed by atoms with van der Waals surface area (Å²) >= 11 is 0. The van der Waals surface area contributed by atoms with Gasteiger partial charge >= 0.3 is 0 Å². The van der Waals surface area contributed by atoms with Gasteiger partial charge in [-0.15, -0.1) is 5.10 Å². The van der Waals surface area contributed by atoms with E-state index in [-0.39, 0.29) is 10.7 Å². The maximum atomic E-state index is 12.8. The fourth-order valence-electron chi connectivity index (χ4n) is 3.25. The normalized spacial score (nSPS) is 15.2. The third-order valence-corrected chi connectivity index (χ3v) is 6.66. The minimum atomic E-state index is -3.57. The van der Waals surface area contributed by atoms with Gasteiger partial charge in [-0.3, -0.25) is 4.79 Å². The molecule has 4 rings (SSSR count). The molecule has 150 valence electrons. The van der Waals surface area contributed by atoms with Crippen molar-refractivity contribution in [3.05, 3.63) is 66.7 Å². The fraction of sp³-hybridized carbons (Fsp3) is 0.250. The summed E-state index contributed by atoms with van der Waals surface area (Å²) in [5, 5.41) is 6.87. The molecular formula is C20H21N5O3S. The van der Waals surface area contributed by atoms with Crippen LogP contribution in [0.2, 0.25) is 0 Å². The van der Waals surface area contributed by atoms with E-state index in [4.69, 9.17) is 0 Å². The van der Waals surface area contributed by atoms with Crippen molar-refractivity contribution in [2.45, 2.75) is 24.2 Å². The van der Waals surface area contributed by atoms with Gasteiger partial charge in [0, 0.05) is 18.8 Å². The second-order valence-corrected chi connectivity index (χ2v) is 8.73. The number of hydrogen-bond donors (Lipinski definition) is 1. The lowest BCUT2D eigenvalue weighted by atomic mass is 10.2. The molecule has 0 radical (unpaired) electrons. The molecule has 1 amide bonds. The van der Waals surface area contributed by atoms with E-state index < -0.39 is 15.9 Å². The Kier molecular flexibility index (Phi) is 5.41. The zero-order valence-corrected chi connectivity index (χ0v) is 16.5. The summed E-state index contributed by atoms with van der Waals surface area (Å²) in [7, 11) is -3.57. The number of nitrogens with zero attached hydrogens (tertiary/aromatic N) is 4. The Balaban J connectivity index is 1.51. The van der Waals surface area contributed by atoms with Crippen LogP contribution in [-0.4, -0.2) is 46.5 Å². The monoisotopic (exact) mass is 411 g/mol. The van der Waals surface area contributed by atoms with Crippen LogP contribution in [-0.2, 0) is 10.0 Å². The number of piperidine rings is 1. The van der Waals surface area contributed by atoms with Gasteiger partial charge in [0.05, 0.1) is 10.6 Å². The van der Waals surface area contributed by atoms with Crippen molar-refractivity contribution < 1.29 is 13.2 Å². The van der Waals surface area contributed by atoms with Crippen molar-refractivity contribution in [2.75, 3.05) is 18.4 Å². The molecule has 3 aromatic rings. The van der Waals surface area contributed by atoms with Gasteiger partial charge in [0.25, 0.3) is 5.91 Å². The second kappa shape index (κ2) is 8.14. The maximum Gasteiger partial charge on any atom is 0.295 e. The van der Waals surface area contributed by atoms with Gasteiger partial charge < -0.3 is 5.32 Å². The molecule has 1 fully saturated rings. The molecule has 0 spiro atoms. The standard InChI is InChI=1S/C20H21N5O3S/c26-20(19-21-15-25(23-19)17-9-3-1-4-10-17)22-16-8-7-11-18(14-16)29(27,28)24-12-5-2-6-13-24/h1,3-4,7-11,14-15H,2,5-6,12-13H2,(H,22,26). The summed E-state index contributed by atoms with van der Waals surface area (Å²) in [5.41, 5.74) is 1.16. The molecule has 0 aliphatic carbocycles. The molecule has 0 saturated carbocycles. The van der Waals surface area contributed by atoms with Crippen LogP contribution in [0.3, 0.4) is 0 Å². The van der Waals surface area contributed by atoms with E-state index in [1.165, 1.54) is 21.4 Å². The molecule has 0 unspecified atom stereocenters. The summed E-state index contributed by atoms with van der Waals surface area (Å²) in [5.74, 6) is -0.509. The quantitative estimate of drug-likeness (QED) is 0.696. The minimum absolute atomic E-state index is 0.00172. The second-order valence-electron chi connectivity index (χ2n) is 6.79. The SMILES string of the molecule is O=C(Nc1cccc(S(=O)(=O)N2CCCCC2)c1)c1ncn(-c2ccccc2)n1. The summed E-state index contributed by atoms with van der Waals surface area (Å²) < 4.78 is 28.7. The molecule has 9 heteroatoms. The smallest absolute Gasteiger partial charge is 0.295 e. The molecular weight excluding hydrogens is 390 g/mol. The Hall–Kier alpha value is -3.04. The van der Waals surface area contributed by atoms with Gasteiger partial charge in [-0.25, -0.2) is 18.1 Å². The fourth-order valence-corrected chi connectivity index (χ4v) is 4.81. The molecule has 0 atom stereocenters. The number of aromatic nitrogens is 3. The number of carbonyl (C=O) groups is 1. The van der Waals surface area contributed by atoms with Crippen LogP contribution >= 0.6 is 0 Å². The van der Waals surface area contributed by atoms with Crippen LogP contribution < -0.4 is 5.32 Å². The number of carbonyl (C=O) groups excluding carboxylic acids is 1. The Morgan fingerprint density at radius 2 is 1.72 bits per heavy atom. The van der Waals surface area contributed by atoms with Crippen LogP contribution in [0.15, 0.2) is 65.8 Å². The molecule has 0 bridgehead atoms. The number of hydrogen-bond acceptors (Lipinski definition) is 5. The lowest BCUT2D eigenvalue weighted by Gasteiger charge is -2.26. The van der Waals surface area contributed by atoms with Gasteiger partial charge in [0.2, 0.25) is 15.8 Å². The average Bonchev–Trinajstić information content (AvgIpc) is 3.26. The van der Waals surface area contributed by atoms with E-state index in [2.05, 4.69) is 15.4 Å². The third-order valence-electron chi connectivity index (χ3n) is 4.76. The minimum Gasteiger partial charge on any atom is -0.319 e. The predicted molar refractivity (Wildman–Crippen MR) is 108 cm³/mol. The van der Waals surface area contributed by atoms with Crippen molar-refractivity contribution in [3.8, 4) is 5.69 Å². The van der Waals surface area contributed by atoms with Crippen molar-refractivity contribution in [3.63, 3.8) is 0 Å². The van der Waals surface area contributed by atoms with Crippen LogP contribution in [0.25, 0.3) is 5.69 Å². The van der Waals surface area contributed by atoms with Gasteiger partial charge in [0.15, 0.2) is 0 Å². The van der Waals surface area contributed by atoms with E-state index in [0.29, 0.717) is 18.8 Å². The van der Waals surface area contributed by atoms with Crippen LogP contribution in [0.4, 0.5) is 5.69 Å². The first kappa shape index (κ1) is 19.3. The van der Waals surface area contributed by atoms with E-state index in [0.717, 1.165) is 24.9 Å². The molecule has 2 heterocycles. The van der Waals surface area contributed by atoms with Crippen molar-refractivity contribution in [1.29, 1.82) is 0 Å². The maximum absolute atomic E-state index is 12.8. The Labute approximate surface area is 169 Å². The van der Waals surface area contributed by atoms with E-state index in [9.17, 15) is 13.2 Å². The zero-order chi connectivity index (χ0) is 20.3. The number of rotatable bonds is 5. The third kappa shape index (κ3) is 4.20. The zero-order valence-electron chi connectivity index (χ0n) is 15.7. The lowest BCUT2D eigenvalue weighted by Crippen LogP contribution is -2.35. The van der Waals surface area contributed by atoms with Gasteiger partial charge in [0.1, 0.15) is 6.33 Å². The van der Waals surface area contributed by atoms with E-state index in [1.54, 1.807) is 18.2 Å². The largest absolute Gasteiger partial charge is 0.319 e. The van der Waals surface area contributed by atoms with E-state index in [1.807, 2.05) is 30.3 Å². The number of nitrogens with one attached hydrogen (secondary N) is 1. The van der Waals surface area contributed by atoms with Gasteiger partial charge in [-0.2, -0.15) is 4.31 Å². The molecule has 1 saturated heterocycles. The van der Waals surface area contributed by atoms with Crippen molar-refractivity contribution >= 4 is 21.6 Å². The van der Waals surface area contributed by atoms with Crippen molar-refractivity contribution in [1.82, 2.24) is 19.1 Å².